The Kier molecular flexibility index (Phi) is 5.68. The van der Waals surface area contributed by atoms with Crippen LogP contribution in [0.5, 0.6) is 0 Å². The molecule has 0 spiro atoms. The molecule has 0 fully saturated rings. The van der Waals surface area contributed by atoms with Crippen LogP contribution in [0.25, 0.3) is 0 Å². The minimum Gasteiger partial charge on any atom is -0.0886 e. The molecular formula is C10H10Br4. The highest BCUT2D eigenvalue weighted by molar-refractivity contribution is 9.39. The van der Waals surface area contributed by atoms with Crippen molar-refractivity contribution in [3.8, 4) is 0 Å². The fourth-order valence-electron chi connectivity index (χ4n) is 1.19. The first-order valence-electron chi connectivity index (χ1n) is 4.22. The maximum Gasteiger partial charge on any atom is 0.136 e. The molecule has 0 amide bonds. The fraction of sp³-hybridized carbons (Fsp3) is 0.400. The van der Waals surface area contributed by atoms with E-state index < -0.39 is 0 Å². The lowest BCUT2D eigenvalue weighted by Gasteiger charge is -2.16. The van der Waals surface area contributed by atoms with Crippen LogP contribution in [0.4, 0.5) is 0 Å². The van der Waals surface area contributed by atoms with Crippen molar-refractivity contribution in [2.75, 3.05) is 0 Å². The average molecular weight is 450 g/mol. The van der Waals surface area contributed by atoms with E-state index in [0.717, 1.165) is 12.8 Å². The van der Waals surface area contributed by atoms with Gasteiger partial charge in [-0.1, -0.05) is 94.1 Å². The van der Waals surface area contributed by atoms with Gasteiger partial charge in [0, 0.05) is 4.83 Å². The SMILES string of the molecule is Br[C@@H](Cc1ccccc1)CC(Br)(Br)Br. The Balaban J connectivity index is 2.46. The summed E-state index contributed by atoms with van der Waals surface area (Å²) in [5, 5.41) is 0. The Bertz CT molecular complexity index is 265. The Morgan fingerprint density at radius 2 is 1.64 bits per heavy atom. The molecule has 0 saturated heterocycles. The zero-order valence-corrected chi connectivity index (χ0v) is 13.7. The molecule has 0 N–H and O–H groups in total. The van der Waals surface area contributed by atoms with E-state index in [9.17, 15) is 0 Å². The van der Waals surface area contributed by atoms with Gasteiger partial charge in [-0.05, 0) is 18.4 Å². The van der Waals surface area contributed by atoms with Crippen molar-refractivity contribution in [3.63, 3.8) is 0 Å². The summed E-state index contributed by atoms with van der Waals surface area (Å²) in [7, 11) is 0. The van der Waals surface area contributed by atoms with Crippen molar-refractivity contribution in [1.82, 2.24) is 0 Å². The zero-order valence-electron chi connectivity index (χ0n) is 7.39. The fourth-order valence-corrected chi connectivity index (χ4v) is 4.53. The van der Waals surface area contributed by atoms with E-state index in [1.807, 2.05) is 6.07 Å². The quantitative estimate of drug-likeness (QED) is 0.555. The minimum atomic E-state index is -0.157. The van der Waals surface area contributed by atoms with Crippen molar-refractivity contribution in [2.24, 2.45) is 0 Å². The molecule has 0 radical (unpaired) electrons. The molecule has 0 heterocycles. The smallest absolute Gasteiger partial charge is 0.0886 e. The summed E-state index contributed by atoms with van der Waals surface area (Å²) in [5.74, 6) is 0. The molecule has 0 aliphatic rings. The van der Waals surface area contributed by atoms with Crippen molar-refractivity contribution in [2.45, 2.75) is 19.8 Å². The number of rotatable bonds is 3. The van der Waals surface area contributed by atoms with Gasteiger partial charge in [0.1, 0.15) is 2.14 Å². The first-order chi connectivity index (χ1) is 6.47. The summed E-state index contributed by atoms with van der Waals surface area (Å²) in [5.41, 5.74) is 1.35. The van der Waals surface area contributed by atoms with Gasteiger partial charge in [-0.2, -0.15) is 0 Å². The number of halogens is 4. The second-order valence-electron chi connectivity index (χ2n) is 3.11. The van der Waals surface area contributed by atoms with Crippen molar-refractivity contribution in [1.29, 1.82) is 0 Å². The Morgan fingerprint density at radius 1 is 1.07 bits per heavy atom. The Labute approximate surface area is 118 Å². The van der Waals surface area contributed by atoms with E-state index in [4.69, 9.17) is 0 Å². The zero-order chi connectivity index (χ0) is 10.6. The van der Waals surface area contributed by atoms with Gasteiger partial charge in [-0.3, -0.25) is 0 Å². The van der Waals surface area contributed by atoms with Crippen molar-refractivity contribution < 1.29 is 0 Å². The van der Waals surface area contributed by atoms with Gasteiger partial charge in [-0.15, -0.1) is 0 Å². The van der Waals surface area contributed by atoms with Crippen molar-refractivity contribution in [3.05, 3.63) is 35.9 Å². The molecule has 1 rings (SSSR count). The lowest BCUT2D eigenvalue weighted by Crippen LogP contribution is -2.12. The predicted molar refractivity (Wildman–Crippen MR) is 77.0 cm³/mol. The summed E-state index contributed by atoms with van der Waals surface area (Å²) in [6, 6.07) is 10.5. The average Bonchev–Trinajstić information content (AvgIpc) is 2.02. The van der Waals surface area contributed by atoms with E-state index in [-0.39, 0.29) is 2.14 Å². The molecule has 1 atom stereocenters. The summed E-state index contributed by atoms with van der Waals surface area (Å²) in [6.45, 7) is 0. The molecule has 0 bridgehead atoms. The van der Waals surface area contributed by atoms with Gasteiger partial charge in [0.05, 0.1) is 0 Å². The first kappa shape index (κ1) is 13.2. The van der Waals surface area contributed by atoms with Gasteiger partial charge in [0.2, 0.25) is 0 Å². The molecule has 0 aromatic heterocycles. The number of hydrogen-bond donors (Lipinski definition) is 0. The Hall–Kier alpha value is 1.14. The standard InChI is InChI=1S/C10H10Br4/c11-9(7-10(12,13)14)6-8-4-2-1-3-5-8/h1-5,9H,6-7H2/t9-/m0/s1. The van der Waals surface area contributed by atoms with Crippen LogP contribution in [-0.2, 0) is 6.42 Å². The highest BCUT2D eigenvalue weighted by Gasteiger charge is 2.22. The molecule has 0 nitrogen and oxygen atoms in total. The monoisotopic (exact) mass is 446 g/mol. The highest BCUT2D eigenvalue weighted by Crippen LogP contribution is 2.40. The molecule has 0 aliphatic heterocycles. The topological polar surface area (TPSA) is 0 Å². The second kappa shape index (κ2) is 6.02. The first-order valence-corrected chi connectivity index (χ1v) is 7.51. The van der Waals surface area contributed by atoms with Crippen LogP contribution in [0, 0.1) is 0 Å². The molecule has 1 aromatic rings. The summed E-state index contributed by atoms with van der Waals surface area (Å²) in [6.07, 6.45) is 1.99. The third-order valence-corrected chi connectivity index (χ3v) is 3.37. The van der Waals surface area contributed by atoms with Crippen molar-refractivity contribution >= 4 is 63.7 Å². The van der Waals surface area contributed by atoms with Gasteiger partial charge in [0.15, 0.2) is 0 Å². The normalized spacial score (nSPS) is 14.0. The molecule has 78 valence electrons. The maximum absolute atomic E-state index is 3.66. The molecule has 4 heteroatoms. The number of alkyl halides is 4. The lowest BCUT2D eigenvalue weighted by atomic mass is 10.1. The third-order valence-electron chi connectivity index (χ3n) is 1.75. The Morgan fingerprint density at radius 3 is 2.14 bits per heavy atom. The van der Waals surface area contributed by atoms with E-state index in [1.54, 1.807) is 0 Å². The van der Waals surface area contributed by atoms with Gasteiger partial charge < -0.3 is 0 Å². The van der Waals surface area contributed by atoms with Crippen LogP contribution in [0.2, 0.25) is 0 Å². The van der Waals surface area contributed by atoms with Crippen LogP contribution < -0.4 is 0 Å². The largest absolute Gasteiger partial charge is 0.136 e. The van der Waals surface area contributed by atoms with Crippen LogP contribution in [-0.4, -0.2) is 6.97 Å². The van der Waals surface area contributed by atoms with E-state index in [0.29, 0.717) is 4.83 Å². The number of benzene rings is 1. The lowest BCUT2D eigenvalue weighted by molar-refractivity contribution is 0.814. The van der Waals surface area contributed by atoms with Crippen LogP contribution in [0.1, 0.15) is 12.0 Å². The molecule has 0 aliphatic carbocycles. The second-order valence-corrected chi connectivity index (χ2v) is 11.7. The summed E-state index contributed by atoms with van der Waals surface area (Å²) in [4.78, 5) is 0.447. The molecule has 0 unspecified atom stereocenters. The maximum atomic E-state index is 3.66. The summed E-state index contributed by atoms with van der Waals surface area (Å²) >= 11 is 14.1. The minimum absolute atomic E-state index is 0.157. The van der Waals surface area contributed by atoms with Crippen LogP contribution >= 0.6 is 63.7 Å². The third kappa shape index (κ3) is 5.89. The number of hydrogen-bond acceptors (Lipinski definition) is 0. The van der Waals surface area contributed by atoms with Gasteiger partial charge in [0.25, 0.3) is 0 Å². The molecular weight excluding hydrogens is 440 g/mol. The molecule has 14 heavy (non-hydrogen) atoms. The van der Waals surface area contributed by atoms with Crippen LogP contribution in [0.15, 0.2) is 30.3 Å². The molecule has 0 saturated carbocycles. The highest BCUT2D eigenvalue weighted by atomic mass is 80.0. The molecule has 1 aromatic carbocycles. The van der Waals surface area contributed by atoms with Gasteiger partial charge in [-0.25, -0.2) is 0 Å². The van der Waals surface area contributed by atoms with E-state index in [1.165, 1.54) is 5.56 Å². The van der Waals surface area contributed by atoms with E-state index in [2.05, 4.69) is 88.0 Å². The van der Waals surface area contributed by atoms with Gasteiger partial charge >= 0.3 is 0 Å². The van der Waals surface area contributed by atoms with E-state index >= 15 is 0 Å². The summed E-state index contributed by atoms with van der Waals surface area (Å²) < 4.78 is -0.157. The van der Waals surface area contributed by atoms with Crippen LogP contribution in [0.3, 0.4) is 0 Å². The predicted octanol–water partition coefficient (Wildman–Crippen LogP) is 5.22.